The molecule has 138 valence electrons. The second-order valence-corrected chi connectivity index (χ2v) is 8.55. The fourth-order valence-corrected chi connectivity index (χ4v) is 6.07. The molecule has 25 heavy (non-hydrogen) atoms. The molecule has 0 aromatic rings. The van der Waals surface area contributed by atoms with E-state index >= 15 is 4.39 Å². The number of nitrogens with two attached hydrogens (primary N) is 1. The molecule has 3 N–H and O–H groups in total. The number of carbonyl (C=O) groups excluding carboxylic acids is 1. The van der Waals surface area contributed by atoms with Crippen molar-refractivity contribution >= 4 is 23.5 Å². The van der Waals surface area contributed by atoms with E-state index in [0.717, 1.165) is 0 Å². The third kappa shape index (κ3) is 2.43. The lowest BCUT2D eigenvalue weighted by Gasteiger charge is -2.59. The topological polar surface area (TPSA) is 86.9 Å². The van der Waals surface area contributed by atoms with Crippen LogP contribution < -0.4 is 5.73 Å². The molecular weight excluding hydrogens is 352 g/mol. The van der Waals surface area contributed by atoms with Crippen LogP contribution in [-0.4, -0.2) is 75.6 Å². The highest BCUT2D eigenvalue weighted by Gasteiger charge is 2.63. The third-order valence-electron chi connectivity index (χ3n) is 5.96. The molecule has 0 aromatic heterocycles. The van der Waals surface area contributed by atoms with Crippen molar-refractivity contribution in [3.8, 4) is 0 Å². The van der Waals surface area contributed by atoms with Gasteiger partial charge in [0.2, 0.25) is 0 Å². The zero-order chi connectivity index (χ0) is 18.0. The van der Waals surface area contributed by atoms with Gasteiger partial charge in [-0.1, -0.05) is 18.3 Å². The Labute approximate surface area is 148 Å². The summed E-state index contributed by atoms with van der Waals surface area (Å²) in [5, 5.41) is 9.30. The van der Waals surface area contributed by atoms with E-state index in [2.05, 4.69) is 6.58 Å². The Balaban J connectivity index is 1.65. The lowest BCUT2D eigenvalue weighted by atomic mass is 9.70. The summed E-state index contributed by atoms with van der Waals surface area (Å²) in [6, 6.07) is -1.87. The van der Waals surface area contributed by atoms with Gasteiger partial charge >= 0.3 is 5.97 Å². The van der Waals surface area contributed by atoms with Crippen LogP contribution in [0.2, 0.25) is 0 Å². The largest absolute Gasteiger partial charge is 0.481 e. The summed E-state index contributed by atoms with van der Waals surface area (Å²) in [5.41, 5.74) is 5.88. The second kappa shape index (κ2) is 5.92. The molecule has 4 aliphatic rings. The Hall–Kier alpha value is -1.19. The fourth-order valence-electron chi connectivity index (χ4n) is 4.82. The Morgan fingerprint density at radius 3 is 2.64 bits per heavy atom. The van der Waals surface area contributed by atoms with Gasteiger partial charge in [0.25, 0.3) is 0 Å². The number of aliphatic carboxylic acids is 1. The summed E-state index contributed by atoms with van der Waals surface area (Å²) in [6.07, 6.45) is -2.55. The van der Waals surface area contributed by atoms with Crippen LogP contribution in [0, 0.1) is 11.8 Å². The van der Waals surface area contributed by atoms with Gasteiger partial charge in [-0.3, -0.25) is 14.5 Å². The van der Waals surface area contributed by atoms with Crippen LogP contribution in [0.4, 0.5) is 8.78 Å². The van der Waals surface area contributed by atoms with E-state index in [9.17, 15) is 19.1 Å². The number of thioether (sulfide) groups is 1. The molecule has 6 nitrogen and oxygen atoms in total. The van der Waals surface area contributed by atoms with Gasteiger partial charge in [-0.2, -0.15) is 0 Å². The number of halogens is 2. The predicted molar refractivity (Wildman–Crippen MR) is 88.1 cm³/mol. The number of nitrogens with zero attached hydrogens (tertiary/aromatic N) is 2. The molecule has 3 saturated heterocycles. The lowest BCUT2D eigenvalue weighted by Crippen LogP contribution is -2.72. The number of rotatable bonds is 2. The molecular formula is C16H21F2N3O3S. The van der Waals surface area contributed by atoms with Crippen LogP contribution in [0.15, 0.2) is 11.6 Å². The number of carbonyl (C=O) groups is 2. The Morgan fingerprint density at radius 1 is 1.36 bits per heavy atom. The van der Waals surface area contributed by atoms with Crippen LogP contribution >= 0.6 is 11.8 Å². The van der Waals surface area contributed by atoms with Gasteiger partial charge in [0, 0.05) is 25.0 Å². The maximum atomic E-state index is 15.4. The standard InChI is InChI=1S/C16H21F2N3O3S/c1-6-21-12-8(14(22)10(16(23)24)15(21)25-6)4-9(17)13(11(12)18)20-3-2-7(19)5-20/h7-13,15H,1-5,19H2,(H,23,24)/t7-,8?,9?,10?,11?,12?,13?,15?/m1/s1. The molecule has 9 heteroatoms. The van der Waals surface area contributed by atoms with Crippen molar-refractivity contribution in [3.05, 3.63) is 11.6 Å². The molecule has 8 atom stereocenters. The summed E-state index contributed by atoms with van der Waals surface area (Å²) in [7, 11) is 0. The maximum Gasteiger partial charge on any atom is 0.317 e. The monoisotopic (exact) mass is 373 g/mol. The van der Waals surface area contributed by atoms with Gasteiger partial charge in [0.05, 0.1) is 17.1 Å². The van der Waals surface area contributed by atoms with Crippen LogP contribution in [0.3, 0.4) is 0 Å². The van der Waals surface area contributed by atoms with Crippen LogP contribution in [0.1, 0.15) is 12.8 Å². The second-order valence-electron chi connectivity index (χ2n) is 7.36. The molecule has 3 heterocycles. The van der Waals surface area contributed by atoms with Crippen molar-refractivity contribution in [1.29, 1.82) is 0 Å². The number of likely N-dealkylation sites (tertiary alicyclic amines) is 1. The first-order valence-electron chi connectivity index (χ1n) is 8.49. The number of alkyl halides is 2. The number of hydrogen-bond acceptors (Lipinski definition) is 6. The van der Waals surface area contributed by atoms with Crippen LogP contribution in [0.5, 0.6) is 0 Å². The average Bonchev–Trinajstić information content (AvgIpc) is 2.94. The van der Waals surface area contributed by atoms with Gasteiger partial charge in [0.15, 0.2) is 5.78 Å². The smallest absolute Gasteiger partial charge is 0.317 e. The summed E-state index contributed by atoms with van der Waals surface area (Å²) >= 11 is 1.18. The lowest BCUT2D eigenvalue weighted by molar-refractivity contribution is -0.160. The number of Topliss-reactive ketones (excluding diaryl/α,β-unsaturated/α-hetero) is 1. The quantitative estimate of drug-likeness (QED) is 0.685. The molecule has 0 bridgehead atoms. The minimum absolute atomic E-state index is 0.0937. The fraction of sp³-hybridized carbons (Fsp3) is 0.750. The molecule has 4 fully saturated rings. The minimum atomic E-state index is -1.59. The minimum Gasteiger partial charge on any atom is -0.481 e. The molecule has 0 amide bonds. The van der Waals surface area contributed by atoms with E-state index < -0.39 is 53.4 Å². The number of carboxylic acids is 1. The predicted octanol–water partition coefficient (Wildman–Crippen LogP) is 0.582. The van der Waals surface area contributed by atoms with Crippen molar-refractivity contribution in [3.63, 3.8) is 0 Å². The molecule has 0 aromatic carbocycles. The maximum absolute atomic E-state index is 15.4. The van der Waals surface area contributed by atoms with E-state index in [0.29, 0.717) is 24.5 Å². The Bertz CT molecular complexity index is 636. The van der Waals surface area contributed by atoms with Crippen LogP contribution in [0.25, 0.3) is 0 Å². The first-order valence-corrected chi connectivity index (χ1v) is 9.37. The zero-order valence-electron chi connectivity index (χ0n) is 13.6. The van der Waals surface area contributed by atoms with Gasteiger partial charge in [0.1, 0.15) is 23.6 Å². The zero-order valence-corrected chi connectivity index (χ0v) is 14.4. The summed E-state index contributed by atoms with van der Waals surface area (Å²) in [5.74, 6) is -4.00. The van der Waals surface area contributed by atoms with E-state index in [1.54, 1.807) is 9.80 Å². The molecule has 1 saturated carbocycles. The molecule has 3 aliphatic heterocycles. The first-order chi connectivity index (χ1) is 11.8. The van der Waals surface area contributed by atoms with E-state index in [1.165, 1.54) is 11.8 Å². The van der Waals surface area contributed by atoms with Crippen molar-refractivity contribution in [2.75, 3.05) is 13.1 Å². The first kappa shape index (κ1) is 17.2. The molecule has 1 aliphatic carbocycles. The van der Waals surface area contributed by atoms with Crippen molar-refractivity contribution < 1.29 is 23.5 Å². The van der Waals surface area contributed by atoms with Crippen molar-refractivity contribution in [2.24, 2.45) is 17.6 Å². The number of piperidine rings is 1. The molecule has 4 rings (SSSR count). The molecule has 0 radical (unpaired) electrons. The highest BCUT2D eigenvalue weighted by Crippen LogP contribution is 2.54. The Kier molecular flexibility index (Phi) is 4.08. The van der Waals surface area contributed by atoms with E-state index in [-0.39, 0.29) is 12.5 Å². The van der Waals surface area contributed by atoms with Gasteiger partial charge < -0.3 is 15.7 Å². The summed E-state index contributed by atoms with van der Waals surface area (Å²) in [6.45, 7) is 4.81. The number of fused-ring (bicyclic) bond motifs is 3. The van der Waals surface area contributed by atoms with Crippen LogP contribution in [-0.2, 0) is 9.59 Å². The third-order valence-corrected chi connectivity index (χ3v) is 7.18. The SMILES string of the molecule is C=C1SC2C(C(=O)O)C(=O)C3CC(F)C(N4CC[C@@H](N)C4)C(F)C3N12. The van der Waals surface area contributed by atoms with Crippen molar-refractivity contribution in [1.82, 2.24) is 9.80 Å². The van der Waals surface area contributed by atoms with Gasteiger partial charge in [-0.05, 0) is 12.8 Å². The number of carboxylic acid groups (broad SMARTS) is 1. The summed E-state index contributed by atoms with van der Waals surface area (Å²) in [4.78, 5) is 27.5. The molecule has 7 unspecified atom stereocenters. The van der Waals surface area contributed by atoms with Gasteiger partial charge in [-0.15, -0.1) is 0 Å². The van der Waals surface area contributed by atoms with E-state index in [1.807, 2.05) is 0 Å². The van der Waals surface area contributed by atoms with E-state index in [4.69, 9.17) is 5.73 Å². The number of hydrogen-bond donors (Lipinski definition) is 2. The highest BCUT2D eigenvalue weighted by molar-refractivity contribution is 8.05. The molecule has 0 spiro atoms. The average molecular weight is 373 g/mol. The number of ketones is 1. The summed E-state index contributed by atoms with van der Waals surface area (Å²) < 4.78 is 30.3. The highest BCUT2D eigenvalue weighted by atomic mass is 32.2. The Morgan fingerprint density at radius 2 is 2.08 bits per heavy atom. The van der Waals surface area contributed by atoms with Crippen molar-refractivity contribution in [2.45, 2.75) is 48.7 Å². The van der Waals surface area contributed by atoms with Gasteiger partial charge in [-0.25, -0.2) is 8.78 Å². The normalized spacial score (nSPS) is 47.2.